The van der Waals surface area contributed by atoms with Crippen molar-refractivity contribution in [2.75, 3.05) is 55.4 Å². The molecule has 0 aliphatic carbocycles. The van der Waals surface area contributed by atoms with Crippen LogP contribution in [-0.4, -0.2) is 60.5 Å². The molecule has 31 heavy (non-hydrogen) atoms. The standard InChI is InChI=1S/C21H26ClN3O5S/c1-29-20-8-7-18(13-19(20)22)25(31(2,27)28)15-21(26)23-14-16-3-5-17(6-4-16)24-9-11-30-12-10-24/h3-8,13H,9-12,14-15H2,1-2H3,(H,23,26). The van der Waals surface area contributed by atoms with Crippen LogP contribution in [0.2, 0.25) is 5.02 Å². The van der Waals surface area contributed by atoms with Crippen LogP contribution in [-0.2, 0) is 26.1 Å². The summed E-state index contributed by atoms with van der Waals surface area (Å²) in [6.45, 7) is 3.08. The number of rotatable bonds is 8. The lowest BCUT2D eigenvalue weighted by Crippen LogP contribution is -2.40. The highest BCUT2D eigenvalue weighted by atomic mass is 35.5. The zero-order valence-corrected chi connectivity index (χ0v) is 19.1. The summed E-state index contributed by atoms with van der Waals surface area (Å²) in [5.41, 5.74) is 2.32. The normalized spacial score (nSPS) is 14.2. The monoisotopic (exact) mass is 467 g/mol. The van der Waals surface area contributed by atoms with Gasteiger partial charge in [-0.25, -0.2) is 8.42 Å². The Bertz CT molecular complexity index is 1010. The van der Waals surface area contributed by atoms with Gasteiger partial charge in [-0.3, -0.25) is 9.10 Å². The minimum absolute atomic E-state index is 0.259. The molecular formula is C21H26ClN3O5S. The third kappa shape index (κ3) is 6.25. The van der Waals surface area contributed by atoms with Gasteiger partial charge in [0.15, 0.2) is 0 Å². The predicted octanol–water partition coefficient (Wildman–Crippen LogP) is 2.27. The summed E-state index contributed by atoms with van der Waals surface area (Å²) in [6.07, 6.45) is 1.04. The van der Waals surface area contributed by atoms with Gasteiger partial charge in [-0.1, -0.05) is 23.7 Å². The van der Waals surface area contributed by atoms with Gasteiger partial charge in [0.1, 0.15) is 12.3 Å². The number of amides is 1. The molecule has 0 spiro atoms. The maximum absolute atomic E-state index is 12.5. The number of methoxy groups -OCH3 is 1. The summed E-state index contributed by atoms with van der Waals surface area (Å²) >= 11 is 6.11. The van der Waals surface area contributed by atoms with Gasteiger partial charge < -0.3 is 19.7 Å². The first-order valence-electron chi connectivity index (χ1n) is 9.77. The number of hydrogen-bond donors (Lipinski definition) is 1. The highest BCUT2D eigenvalue weighted by Crippen LogP contribution is 2.30. The number of morpholine rings is 1. The highest BCUT2D eigenvalue weighted by Gasteiger charge is 2.22. The summed E-state index contributed by atoms with van der Waals surface area (Å²) in [5.74, 6) is -0.00142. The van der Waals surface area contributed by atoms with Crippen LogP contribution < -0.4 is 19.3 Å². The van der Waals surface area contributed by atoms with E-state index >= 15 is 0 Å². The third-order valence-corrected chi connectivity index (χ3v) is 6.35. The maximum Gasteiger partial charge on any atom is 0.241 e. The van der Waals surface area contributed by atoms with E-state index in [2.05, 4.69) is 10.2 Å². The van der Waals surface area contributed by atoms with Gasteiger partial charge in [0.25, 0.3) is 0 Å². The van der Waals surface area contributed by atoms with Gasteiger partial charge in [-0.15, -0.1) is 0 Å². The molecule has 10 heteroatoms. The Kier molecular flexibility index (Phi) is 7.64. The van der Waals surface area contributed by atoms with Crippen molar-refractivity contribution >= 4 is 38.9 Å². The van der Waals surface area contributed by atoms with Gasteiger partial charge in [-0.2, -0.15) is 0 Å². The minimum Gasteiger partial charge on any atom is -0.495 e. The van der Waals surface area contributed by atoms with Crippen molar-refractivity contribution in [2.24, 2.45) is 0 Å². The van der Waals surface area contributed by atoms with Gasteiger partial charge in [0, 0.05) is 25.3 Å². The fourth-order valence-electron chi connectivity index (χ4n) is 3.24. The topological polar surface area (TPSA) is 88.2 Å². The molecule has 0 bridgehead atoms. The first kappa shape index (κ1) is 23.2. The molecule has 1 amide bonds. The van der Waals surface area contributed by atoms with Crippen LogP contribution in [0.4, 0.5) is 11.4 Å². The van der Waals surface area contributed by atoms with E-state index in [9.17, 15) is 13.2 Å². The van der Waals surface area contributed by atoms with E-state index in [1.165, 1.54) is 13.2 Å². The number of anilines is 2. The molecule has 1 heterocycles. The Hall–Kier alpha value is -2.49. The number of hydrogen-bond acceptors (Lipinski definition) is 6. The molecule has 1 fully saturated rings. The van der Waals surface area contributed by atoms with E-state index in [0.717, 1.165) is 34.9 Å². The van der Waals surface area contributed by atoms with E-state index in [-0.39, 0.29) is 11.6 Å². The Balaban J connectivity index is 1.61. The predicted molar refractivity (Wildman–Crippen MR) is 122 cm³/mol. The SMILES string of the molecule is COc1ccc(N(CC(=O)NCc2ccc(N3CCOCC3)cc2)S(C)(=O)=O)cc1Cl. The number of nitrogens with one attached hydrogen (secondary N) is 1. The van der Waals surface area contributed by atoms with Crippen LogP contribution in [0.5, 0.6) is 5.75 Å². The van der Waals surface area contributed by atoms with Crippen molar-refractivity contribution in [1.29, 1.82) is 0 Å². The number of carbonyl (C=O) groups excluding carboxylic acids is 1. The molecule has 1 saturated heterocycles. The number of halogens is 1. The highest BCUT2D eigenvalue weighted by molar-refractivity contribution is 7.92. The zero-order valence-electron chi connectivity index (χ0n) is 17.5. The van der Waals surface area contributed by atoms with Crippen LogP contribution in [0, 0.1) is 0 Å². The summed E-state index contributed by atoms with van der Waals surface area (Å²) < 4.78 is 36.0. The second kappa shape index (κ2) is 10.2. The van der Waals surface area contributed by atoms with Crippen molar-refractivity contribution in [3.63, 3.8) is 0 Å². The molecule has 1 aliphatic heterocycles. The fourth-order valence-corrected chi connectivity index (χ4v) is 4.34. The third-order valence-electron chi connectivity index (χ3n) is 4.91. The number of ether oxygens (including phenoxy) is 2. The maximum atomic E-state index is 12.5. The first-order chi connectivity index (χ1) is 14.8. The second-order valence-electron chi connectivity index (χ2n) is 7.13. The summed E-state index contributed by atoms with van der Waals surface area (Å²) in [5, 5.41) is 3.03. The molecule has 0 saturated carbocycles. The fraction of sp³-hybridized carbons (Fsp3) is 0.381. The lowest BCUT2D eigenvalue weighted by atomic mass is 10.2. The summed E-state index contributed by atoms with van der Waals surface area (Å²) in [7, 11) is -2.22. The van der Waals surface area contributed by atoms with Crippen LogP contribution in [0.15, 0.2) is 42.5 Å². The molecule has 8 nitrogen and oxygen atoms in total. The molecule has 2 aromatic rings. The quantitative estimate of drug-likeness (QED) is 0.640. The largest absolute Gasteiger partial charge is 0.495 e. The number of sulfonamides is 1. The summed E-state index contributed by atoms with van der Waals surface area (Å²) in [6, 6.07) is 12.5. The molecule has 0 radical (unpaired) electrons. The smallest absolute Gasteiger partial charge is 0.241 e. The molecule has 2 aromatic carbocycles. The summed E-state index contributed by atoms with van der Waals surface area (Å²) in [4.78, 5) is 14.7. The van der Waals surface area contributed by atoms with E-state index in [0.29, 0.717) is 31.2 Å². The zero-order chi connectivity index (χ0) is 22.4. The van der Waals surface area contributed by atoms with Crippen molar-refractivity contribution in [2.45, 2.75) is 6.54 Å². The molecule has 0 unspecified atom stereocenters. The average molecular weight is 468 g/mol. The van der Waals surface area contributed by atoms with Crippen LogP contribution in [0.1, 0.15) is 5.56 Å². The van der Waals surface area contributed by atoms with Crippen LogP contribution in [0.3, 0.4) is 0 Å². The Morgan fingerprint density at radius 1 is 1.19 bits per heavy atom. The van der Waals surface area contributed by atoms with E-state index in [1.54, 1.807) is 12.1 Å². The Morgan fingerprint density at radius 2 is 1.87 bits per heavy atom. The van der Waals surface area contributed by atoms with Crippen molar-refractivity contribution in [3.05, 3.63) is 53.1 Å². The average Bonchev–Trinajstić information content (AvgIpc) is 2.76. The van der Waals surface area contributed by atoms with E-state index in [4.69, 9.17) is 21.1 Å². The molecule has 1 aliphatic rings. The van der Waals surface area contributed by atoms with Gasteiger partial charge in [0.2, 0.25) is 15.9 Å². The van der Waals surface area contributed by atoms with Crippen LogP contribution >= 0.6 is 11.6 Å². The molecule has 168 valence electrons. The lowest BCUT2D eigenvalue weighted by Gasteiger charge is -2.29. The molecular weight excluding hydrogens is 442 g/mol. The first-order valence-corrected chi connectivity index (χ1v) is 12.0. The molecule has 0 atom stereocenters. The van der Waals surface area contributed by atoms with Crippen molar-refractivity contribution < 1.29 is 22.7 Å². The van der Waals surface area contributed by atoms with Crippen molar-refractivity contribution in [1.82, 2.24) is 5.32 Å². The van der Waals surface area contributed by atoms with E-state index < -0.39 is 15.9 Å². The van der Waals surface area contributed by atoms with Gasteiger partial charge in [-0.05, 0) is 35.9 Å². The molecule has 1 N–H and O–H groups in total. The number of benzene rings is 2. The lowest BCUT2D eigenvalue weighted by molar-refractivity contribution is -0.119. The van der Waals surface area contributed by atoms with Crippen LogP contribution in [0.25, 0.3) is 0 Å². The van der Waals surface area contributed by atoms with E-state index in [1.807, 2.05) is 24.3 Å². The van der Waals surface area contributed by atoms with Gasteiger partial charge >= 0.3 is 0 Å². The number of carbonyl (C=O) groups is 1. The van der Waals surface area contributed by atoms with Crippen molar-refractivity contribution in [3.8, 4) is 5.75 Å². The second-order valence-corrected chi connectivity index (χ2v) is 9.45. The Morgan fingerprint density at radius 3 is 2.45 bits per heavy atom. The number of nitrogens with zero attached hydrogens (tertiary/aromatic N) is 2. The van der Waals surface area contributed by atoms with Gasteiger partial charge in [0.05, 0.1) is 37.3 Å². The molecule has 3 rings (SSSR count). The molecule has 0 aromatic heterocycles. The minimum atomic E-state index is -3.69. The Labute approximate surface area is 187 Å².